The molecule has 0 atom stereocenters. The molecule has 0 spiro atoms. The maximum Gasteiger partial charge on any atom is 0.234 e. The van der Waals surface area contributed by atoms with E-state index in [2.05, 4.69) is 37.6 Å². The molecule has 1 aromatic rings. The number of guanidine groups is 1. The molecule has 1 saturated carbocycles. The number of carbonyl (C=O) groups is 1. The summed E-state index contributed by atoms with van der Waals surface area (Å²) >= 11 is 0. The summed E-state index contributed by atoms with van der Waals surface area (Å²) < 4.78 is 10.8. The van der Waals surface area contributed by atoms with Crippen LogP contribution in [0.15, 0.2) is 29.3 Å². The molecular formula is C22H35N5O3. The third kappa shape index (κ3) is 7.50. The quantitative estimate of drug-likeness (QED) is 0.337. The van der Waals surface area contributed by atoms with Crippen LogP contribution in [-0.4, -0.2) is 87.8 Å². The Hall–Kier alpha value is -2.32. The number of ether oxygens (including phenoxy) is 2. The van der Waals surface area contributed by atoms with Gasteiger partial charge in [-0.3, -0.25) is 14.7 Å². The fourth-order valence-electron chi connectivity index (χ4n) is 3.47. The fraction of sp³-hybridized carbons (Fsp3) is 0.636. The van der Waals surface area contributed by atoms with Crippen molar-refractivity contribution in [1.29, 1.82) is 0 Å². The molecular weight excluding hydrogens is 382 g/mol. The van der Waals surface area contributed by atoms with Crippen LogP contribution in [0, 0.1) is 0 Å². The van der Waals surface area contributed by atoms with Gasteiger partial charge in [-0.05, 0) is 30.5 Å². The molecule has 1 aliphatic heterocycles. The van der Waals surface area contributed by atoms with Gasteiger partial charge >= 0.3 is 0 Å². The summed E-state index contributed by atoms with van der Waals surface area (Å²) in [7, 11) is 3.51. The molecule has 1 amide bonds. The van der Waals surface area contributed by atoms with E-state index in [1.54, 1.807) is 7.11 Å². The minimum absolute atomic E-state index is 0.151. The lowest BCUT2D eigenvalue weighted by molar-refractivity contribution is -0.122. The van der Waals surface area contributed by atoms with Gasteiger partial charge in [-0.15, -0.1) is 0 Å². The van der Waals surface area contributed by atoms with Gasteiger partial charge in [0.1, 0.15) is 5.75 Å². The van der Waals surface area contributed by atoms with Gasteiger partial charge in [0.05, 0.1) is 13.2 Å². The number of amides is 1. The summed E-state index contributed by atoms with van der Waals surface area (Å²) in [6.07, 6.45) is 3.13. The third-order valence-corrected chi connectivity index (χ3v) is 5.30. The highest BCUT2D eigenvalue weighted by Gasteiger charge is 2.25. The summed E-state index contributed by atoms with van der Waals surface area (Å²) in [6.45, 7) is 5.98. The van der Waals surface area contributed by atoms with Crippen LogP contribution in [0.1, 0.15) is 24.8 Å². The normalized spacial score (nSPS) is 17.7. The minimum atomic E-state index is 0.151. The van der Waals surface area contributed by atoms with Gasteiger partial charge in [-0.25, -0.2) is 0 Å². The Morgan fingerprint density at radius 2 is 2.00 bits per heavy atom. The van der Waals surface area contributed by atoms with E-state index >= 15 is 0 Å². The number of benzene rings is 1. The molecule has 0 radical (unpaired) electrons. The molecule has 0 bridgehead atoms. The molecule has 1 saturated heterocycles. The van der Waals surface area contributed by atoms with E-state index < -0.39 is 0 Å². The summed E-state index contributed by atoms with van der Waals surface area (Å²) in [6, 6.07) is 8.55. The first-order chi connectivity index (χ1) is 14.7. The Labute approximate surface area is 179 Å². The van der Waals surface area contributed by atoms with Crippen LogP contribution < -0.4 is 15.4 Å². The number of hydrogen-bond donors (Lipinski definition) is 2. The van der Waals surface area contributed by atoms with E-state index in [-0.39, 0.29) is 5.91 Å². The Bertz CT molecular complexity index is 700. The van der Waals surface area contributed by atoms with Gasteiger partial charge in [0, 0.05) is 66.0 Å². The number of piperazine rings is 1. The Balaban J connectivity index is 1.40. The first-order valence-electron chi connectivity index (χ1n) is 10.9. The second-order valence-corrected chi connectivity index (χ2v) is 7.85. The number of nitrogens with zero attached hydrogens (tertiary/aromatic N) is 3. The number of methoxy groups -OCH3 is 1. The number of carbonyl (C=O) groups excluding carboxylic acids is 1. The SMILES string of the molecule is CN=C(NCc1cccc(OCCCOC)c1)N1CCN(CC(=O)NC2CC2)CC1. The molecule has 1 heterocycles. The second kappa shape index (κ2) is 11.8. The van der Waals surface area contributed by atoms with Gasteiger partial charge in [0.2, 0.25) is 5.91 Å². The summed E-state index contributed by atoms with van der Waals surface area (Å²) in [5.41, 5.74) is 1.15. The maximum atomic E-state index is 12.0. The molecule has 0 unspecified atom stereocenters. The minimum Gasteiger partial charge on any atom is -0.493 e. The Morgan fingerprint density at radius 1 is 1.20 bits per heavy atom. The van der Waals surface area contributed by atoms with Crippen molar-refractivity contribution in [2.24, 2.45) is 4.99 Å². The van der Waals surface area contributed by atoms with E-state index in [0.717, 1.165) is 62.7 Å². The monoisotopic (exact) mass is 417 g/mol. The molecule has 2 N–H and O–H groups in total. The predicted octanol–water partition coefficient (Wildman–Crippen LogP) is 1.07. The van der Waals surface area contributed by atoms with E-state index in [1.165, 1.54) is 0 Å². The van der Waals surface area contributed by atoms with Crippen molar-refractivity contribution >= 4 is 11.9 Å². The van der Waals surface area contributed by atoms with Crippen LogP contribution in [0.5, 0.6) is 5.75 Å². The van der Waals surface area contributed by atoms with Gasteiger partial charge in [-0.2, -0.15) is 0 Å². The average molecular weight is 418 g/mol. The molecule has 1 aliphatic carbocycles. The Kier molecular flexibility index (Phi) is 8.77. The van der Waals surface area contributed by atoms with Crippen molar-refractivity contribution in [3.63, 3.8) is 0 Å². The van der Waals surface area contributed by atoms with E-state index in [0.29, 0.717) is 32.3 Å². The summed E-state index contributed by atoms with van der Waals surface area (Å²) in [5, 5.41) is 6.51. The highest BCUT2D eigenvalue weighted by Crippen LogP contribution is 2.18. The van der Waals surface area contributed by atoms with Crippen LogP contribution in [0.4, 0.5) is 0 Å². The standard InChI is InChI=1S/C22H35N5O3/c1-23-22(24-16-18-5-3-6-20(15-18)30-14-4-13-29-2)27-11-9-26(10-12-27)17-21(28)25-19-7-8-19/h3,5-6,15,19H,4,7-14,16-17H2,1-2H3,(H,23,24)(H,25,28). The lowest BCUT2D eigenvalue weighted by atomic mass is 10.2. The highest BCUT2D eigenvalue weighted by atomic mass is 16.5. The van der Waals surface area contributed by atoms with Crippen LogP contribution in [0.3, 0.4) is 0 Å². The fourth-order valence-corrected chi connectivity index (χ4v) is 3.47. The van der Waals surface area contributed by atoms with Crippen molar-refractivity contribution in [1.82, 2.24) is 20.4 Å². The average Bonchev–Trinajstić information content (AvgIpc) is 3.57. The third-order valence-electron chi connectivity index (χ3n) is 5.30. The zero-order valence-electron chi connectivity index (χ0n) is 18.2. The Morgan fingerprint density at radius 3 is 2.70 bits per heavy atom. The topological polar surface area (TPSA) is 78.4 Å². The van der Waals surface area contributed by atoms with E-state index in [4.69, 9.17) is 9.47 Å². The van der Waals surface area contributed by atoms with Crippen molar-refractivity contribution in [3.05, 3.63) is 29.8 Å². The number of nitrogens with one attached hydrogen (secondary N) is 2. The zero-order valence-corrected chi connectivity index (χ0v) is 18.2. The largest absolute Gasteiger partial charge is 0.493 e. The van der Waals surface area contributed by atoms with E-state index in [9.17, 15) is 4.79 Å². The number of rotatable bonds is 10. The number of hydrogen-bond acceptors (Lipinski definition) is 5. The molecule has 2 fully saturated rings. The first-order valence-corrected chi connectivity index (χ1v) is 10.9. The van der Waals surface area contributed by atoms with Crippen molar-refractivity contribution < 1.29 is 14.3 Å². The van der Waals surface area contributed by atoms with Gasteiger partial charge < -0.3 is 25.0 Å². The van der Waals surface area contributed by atoms with Crippen LogP contribution in [0.2, 0.25) is 0 Å². The van der Waals surface area contributed by atoms with Crippen LogP contribution in [-0.2, 0) is 16.1 Å². The zero-order chi connectivity index (χ0) is 21.2. The molecule has 8 nitrogen and oxygen atoms in total. The van der Waals surface area contributed by atoms with Crippen molar-refractivity contribution in [3.8, 4) is 5.75 Å². The second-order valence-electron chi connectivity index (χ2n) is 7.85. The van der Waals surface area contributed by atoms with Gasteiger partial charge in [0.25, 0.3) is 0 Å². The lowest BCUT2D eigenvalue weighted by Gasteiger charge is -2.36. The summed E-state index contributed by atoms with van der Waals surface area (Å²) in [4.78, 5) is 20.9. The predicted molar refractivity (Wildman–Crippen MR) is 118 cm³/mol. The molecule has 0 aromatic heterocycles. The van der Waals surface area contributed by atoms with Crippen LogP contribution >= 0.6 is 0 Å². The smallest absolute Gasteiger partial charge is 0.234 e. The summed E-state index contributed by atoms with van der Waals surface area (Å²) in [5.74, 6) is 1.92. The molecule has 2 aliphatic rings. The number of aliphatic imine (C=N–C) groups is 1. The molecule has 30 heavy (non-hydrogen) atoms. The van der Waals surface area contributed by atoms with Crippen molar-refractivity contribution in [2.45, 2.75) is 31.8 Å². The first kappa shape index (κ1) is 22.4. The lowest BCUT2D eigenvalue weighted by Crippen LogP contribution is -2.54. The molecule has 1 aromatic carbocycles. The maximum absolute atomic E-state index is 12.0. The van der Waals surface area contributed by atoms with Gasteiger partial charge in [-0.1, -0.05) is 12.1 Å². The molecule has 8 heteroatoms. The molecule has 166 valence electrons. The van der Waals surface area contributed by atoms with Gasteiger partial charge in [0.15, 0.2) is 5.96 Å². The molecule has 3 rings (SSSR count). The van der Waals surface area contributed by atoms with Crippen molar-refractivity contribution in [2.75, 3.05) is 60.1 Å². The van der Waals surface area contributed by atoms with E-state index in [1.807, 2.05) is 19.2 Å². The van der Waals surface area contributed by atoms with Crippen LogP contribution in [0.25, 0.3) is 0 Å². The highest BCUT2D eigenvalue weighted by molar-refractivity contribution is 5.80.